The Morgan fingerprint density at radius 1 is 0.550 bits per heavy atom. The van der Waals surface area contributed by atoms with Crippen LogP contribution < -0.4 is 9.64 Å². The van der Waals surface area contributed by atoms with Crippen LogP contribution in [0.2, 0.25) is 0 Å². The van der Waals surface area contributed by atoms with Crippen molar-refractivity contribution in [2.45, 2.75) is 39.7 Å². The number of anilines is 3. The minimum Gasteiger partial charge on any atom is -0.491 e. The molecule has 40 heavy (non-hydrogen) atoms. The van der Waals surface area contributed by atoms with Crippen molar-refractivity contribution in [1.82, 2.24) is 0 Å². The minimum atomic E-state index is -0.470. The van der Waals surface area contributed by atoms with E-state index in [1.807, 2.05) is 12.1 Å². The number of hydrogen-bond donors (Lipinski definition) is 1. The summed E-state index contributed by atoms with van der Waals surface area (Å²) >= 11 is 0. The van der Waals surface area contributed by atoms with E-state index in [4.69, 9.17) is 4.74 Å². The molecule has 0 saturated heterocycles. The summed E-state index contributed by atoms with van der Waals surface area (Å²) in [5.41, 5.74) is 10.9. The predicted octanol–water partition coefficient (Wildman–Crippen LogP) is 8.99. The molecule has 0 bridgehead atoms. The van der Waals surface area contributed by atoms with Crippen LogP contribution in [0.4, 0.5) is 17.1 Å². The third kappa shape index (κ3) is 6.99. The van der Waals surface area contributed by atoms with Gasteiger partial charge in [0.2, 0.25) is 0 Å². The normalized spacial score (nSPS) is 11.7. The van der Waals surface area contributed by atoms with Gasteiger partial charge in [-0.3, -0.25) is 0 Å². The van der Waals surface area contributed by atoms with Crippen LogP contribution in [-0.4, -0.2) is 17.8 Å². The molecule has 0 saturated carbocycles. The second kappa shape index (κ2) is 12.7. The second-order valence-electron chi connectivity index (χ2n) is 10.6. The number of nitrogens with zero attached hydrogens (tertiary/aromatic N) is 1. The van der Waals surface area contributed by atoms with Crippen molar-refractivity contribution >= 4 is 17.1 Å². The van der Waals surface area contributed by atoms with Crippen LogP contribution >= 0.6 is 0 Å². The fourth-order valence-electron chi connectivity index (χ4n) is 4.76. The maximum Gasteiger partial charge on any atom is 0.119 e. The number of hydrogen-bond acceptors (Lipinski definition) is 3. The molecule has 5 aromatic carbocycles. The largest absolute Gasteiger partial charge is 0.491 e. The molecule has 202 valence electrons. The maximum absolute atomic E-state index is 9.41. The highest BCUT2D eigenvalue weighted by atomic mass is 16.5. The minimum absolute atomic E-state index is 0.308. The zero-order valence-electron chi connectivity index (χ0n) is 23.5. The van der Waals surface area contributed by atoms with Gasteiger partial charge in [-0.1, -0.05) is 83.9 Å². The molecule has 5 aromatic rings. The Labute approximate surface area is 238 Å². The van der Waals surface area contributed by atoms with E-state index in [0.29, 0.717) is 6.61 Å². The predicted molar refractivity (Wildman–Crippen MR) is 167 cm³/mol. The van der Waals surface area contributed by atoms with Crippen molar-refractivity contribution < 1.29 is 9.84 Å². The van der Waals surface area contributed by atoms with Gasteiger partial charge in [-0.2, -0.15) is 0 Å². The van der Waals surface area contributed by atoms with Gasteiger partial charge in [0.05, 0.1) is 6.10 Å². The van der Waals surface area contributed by atoms with Crippen molar-refractivity contribution in [3.05, 3.63) is 144 Å². The lowest BCUT2D eigenvalue weighted by molar-refractivity contribution is 0.122. The number of aliphatic hydroxyl groups is 1. The summed E-state index contributed by atoms with van der Waals surface area (Å²) < 4.78 is 5.58. The monoisotopic (exact) mass is 527 g/mol. The fraction of sp³-hybridized carbons (Fsp3) is 0.189. The van der Waals surface area contributed by atoms with Crippen LogP contribution in [-0.2, 0) is 12.8 Å². The van der Waals surface area contributed by atoms with Gasteiger partial charge in [0.1, 0.15) is 12.4 Å². The van der Waals surface area contributed by atoms with Gasteiger partial charge < -0.3 is 14.7 Å². The second-order valence-corrected chi connectivity index (χ2v) is 10.6. The Kier molecular flexibility index (Phi) is 8.63. The van der Waals surface area contributed by atoms with E-state index in [2.05, 4.69) is 128 Å². The van der Waals surface area contributed by atoms with E-state index < -0.39 is 6.10 Å². The zero-order chi connectivity index (χ0) is 27.9. The van der Waals surface area contributed by atoms with Crippen molar-refractivity contribution in [3.63, 3.8) is 0 Å². The van der Waals surface area contributed by atoms with E-state index in [1.165, 1.54) is 33.4 Å². The molecule has 0 aliphatic heterocycles. The lowest BCUT2D eigenvalue weighted by Crippen LogP contribution is -2.12. The number of aryl methyl sites for hydroxylation is 4. The molecule has 0 aromatic heterocycles. The molecule has 3 nitrogen and oxygen atoms in total. The van der Waals surface area contributed by atoms with Crippen molar-refractivity contribution in [2.24, 2.45) is 0 Å². The Morgan fingerprint density at radius 2 is 0.925 bits per heavy atom. The van der Waals surface area contributed by atoms with Crippen LogP contribution in [0, 0.1) is 13.8 Å². The highest BCUT2D eigenvalue weighted by Crippen LogP contribution is 2.36. The molecule has 1 atom stereocenters. The quantitative estimate of drug-likeness (QED) is 0.197. The summed E-state index contributed by atoms with van der Waals surface area (Å²) in [5.74, 6) is 0.789. The number of rotatable bonds is 10. The molecular weight excluding hydrogens is 490 g/mol. The van der Waals surface area contributed by atoms with Gasteiger partial charge >= 0.3 is 0 Å². The maximum atomic E-state index is 9.41. The molecule has 0 radical (unpaired) electrons. The summed E-state index contributed by atoms with van der Waals surface area (Å²) in [4.78, 5) is 2.31. The van der Waals surface area contributed by atoms with Gasteiger partial charge in [0, 0.05) is 17.1 Å². The summed E-state index contributed by atoms with van der Waals surface area (Å²) in [7, 11) is 0. The Bertz CT molecular complexity index is 1490. The summed E-state index contributed by atoms with van der Waals surface area (Å²) in [6, 6.07) is 43.3. The van der Waals surface area contributed by atoms with E-state index in [1.54, 1.807) is 6.92 Å². The van der Waals surface area contributed by atoms with Gasteiger partial charge in [0.15, 0.2) is 0 Å². The first-order chi connectivity index (χ1) is 19.4. The van der Waals surface area contributed by atoms with Crippen molar-refractivity contribution in [1.29, 1.82) is 0 Å². The van der Waals surface area contributed by atoms with Gasteiger partial charge in [-0.05, 0) is 104 Å². The van der Waals surface area contributed by atoms with Crippen molar-refractivity contribution in [3.8, 4) is 16.9 Å². The van der Waals surface area contributed by atoms with Crippen LogP contribution in [0.25, 0.3) is 11.1 Å². The Balaban J connectivity index is 1.32. The molecule has 0 aliphatic carbocycles. The van der Waals surface area contributed by atoms with Crippen LogP contribution in [0.15, 0.2) is 121 Å². The van der Waals surface area contributed by atoms with Crippen molar-refractivity contribution in [2.75, 3.05) is 11.5 Å². The Morgan fingerprint density at radius 3 is 1.40 bits per heavy atom. The van der Waals surface area contributed by atoms with E-state index >= 15 is 0 Å². The van der Waals surface area contributed by atoms with Gasteiger partial charge in [-0.25, -0.2) is 0 Å². The first kappa shape index (κ1) is 27.2. The highest BCUT2D eigenvalue weighted by molar-refractivity contribution is 5.78. The van der Waals surface area contributed by atoms with Gasteiger partial charge in [-0.15, -0.1) is 0 Å². The average molecular weight is 528 g/mol. The van der Waals surface area contributed by atoms with Crippen LogP contribution in [0.1, 0.15) is 29.2 Å². The average Bonchev–Trinajstić information content (AvgIpc) is 2.98. The smallest absolute Gasteiger partial charge is 0.119 e. The van der Waals surface area contributed by atoms with Gasteiger partial charge in [0.25, 0.3) is 0 Å². The third-order valence-corrected chi connectivity index (χ3v) is 7.11. The third-order valence-electron chi connectivity index (χ3n) is 7.11. The lowest BCUT2D eigenvalue weighted by atomic mass is 10.0. The summed E-state index contributed by atoms with van der Waals surface area (Å²) in [5, 5.41) is 9.41. The summed E-state index contributed by atoms with van der Waals surface area (Å²) in [6.45, 7) is 6.27. The molecular formula is C37H37NO2. The molecule has 0 amide bonds. The topological polar surface area (TPSA) is 32.7 Å². The van der Waals surface area contributed by atoms with E-state index in [-0.39, 0.29) is 0 Å². The number of aliphatic hydroxyl groups excluding tert-OH is 1. The first-order valence-electron chi connectivity index (χ1n) is 14.0. The number of ether oxygens (including phenoxy) is 1. The summed E-state index contributed by atoms with van der Waals surface area (Å²) in [6.07, 6.45) is 1.45. The Hall–Kier alpha value is -4.34. The molecule has 0 spiro atoms. The van der Waals surface area contributed by atoms with E-state index in [9.17, 15) is 5.11 Å². The molecule has 1 N–H and O–H groups in total. The molecule has 5 rings (SSSR count). The molecule has 1 unspecified atom stereocenters. The fourth-order valence-corrected chi connectivity index (χ4v) is 4.76. The lowest BCUT2D eigenvalue weighted by Gasteiger charge is -2.26. The standard InChI is InChI=1S/C37H37NO2/c1-27-4-14-32(15-5-27)33-16-22-36(23-17-33)38(34-18-6-28(2)7-19-34)35-20-10-30(11-21-35)8-9-31-12-24-37(25-13-31)40-26-29(3)39/h4-7,10-25,29,39H,8-9,26H2,1-3H3. The SMILES string of the molecule is Cc1ccc(-c2ccc(N(c3ccc(C)cc3)c3ccc(CCc4ccc(OCC(C)O)cc4)cc3)cc2)cc1. The zero-order valence-corrected chi connectivity index (χ0v) is 23.5. The first-order valence-corrected chi connectivity index (χ1v) is 14.0. The molecule has 0 heterocycles. The highest BCUT2D eigenvalue weighted by Gasteiger charge is 2.13. The molecule has 0 fully saturated rings. The molecule has 0 aliphatic rings. The van der Waals surface area contributed by atoms with Crippen LogP contribution in [0.3, 0.4) is 0 Å². The molecule has 3 heteroatoms. The van der Waals surface area contributed by atoms with Crippen LogP contribution in [0.5, 0.6) is 5.75 Å². The van der Waals surface area contributed by atoms with E-state index in [0.717, 1.165) is 35.7 Å². The number of benzene rings is 5.